The lowest BCUT2D eigenvalue weighted by molar-refractivity contribution is -0.137. The Morgan fingerprint density at radius 2 is 1.60 bits per heavy atom. The van der Waals surface area contributed by atoms with Gasteiger partial charge in [0.15, 0.2) is 28.7 Å². The highest BCUT2D eigenvalue weighted by Crippen LogP contribution is 2.45. The zero-order chi connectivity index (χ0) is 47.3. The van der Waals surface area contributed by atoms with E-state index in [0.29, 0.717) is 11.6 Å². The molecular weight excluding hydrogens is 857 g/mol. The number of hydrazine groups is 1. The molecule has 0 spiro atoms. The summed E-state index contributed by atoms with van der Waals surface area (Å²) in [6, 6.07) is 8.34. The molecule has 4 N–H and O–H groups in total. The summed E-state index contributed by atoms with van der Waals surface area (Å²) in [7, 11) is -6.49. The number of hydrogen-bond donors (Lipinski definition) is 4. The number of hydrogen-bond acceptors (Lipinski definition) is 10. The molecule has 2 aromatic heterocycles. The molecule has 63 heavy (non-hydrogen) atoms. The fourth-order valence-electron chi connectivity index (χ4n) is 6.23. The smallest absolute Gasteiger partial charge is 0.426 e. The number of anilines is 2. The Morgan fingerprint density at radius 1 is 0.984 bits per heavy atom. The average molecular weight is 927 g/mol. The van der Waals surface area contributed by atoms with E-state index in [4.69, 9.17) is 18.3 Å². The van der Waals surface area contributed by atoms with Crippen LogP contribution in [0.2, 0.25) is 61.9 Å². The van der Waals surface area contributed by atoms with Crippen molar-refractivity contribution in [2.45, 2.75) is 148 Å². The quantitative estimate of drug-likeness (QED) is 0.0410. The SMILES string of the molecule is C=C1[C@H](C(O[Si](C)(C)C(C)(C)C)O[Si](C)(C)C(C)(C)C)CO[C@@H]1n1cc(N(NC(=O)OCC[Si](C)(C)C)C(=O)CCc2c[nH]c3ccccc23)c(NC(=O)CCCC(=O)O)nc1=O. The molecule has 19 heteroatoms. The van der Waals surface area contributed by atoms with Gasteiger partial charge in [-0.3, -0.25) is 19.0 Å². The number of aliphatic carboxylic acids is 1. The summed E-state index contributed by atoms with van der Waals surface area (Å²) in [5, 5.41) is 13.3. The summed E-state index contributed by atoms with van der Waals surface area (Å²) in [6.45, 7) is 32.5. The van der Waals surface area contributed by atoms with Crippen molar-refractivity contribution in [1.82, 2.24) is 20.0 Å². The summed E-state index contributed by atoms with van der Waals surface area (Å²) in [4.78, 5) is 74.0. The molecule has 348 valence electrons. The van der Waals surface area contributed by atoms with Gasteiger partial charge in [-0.2, -0.15) is 4.98 Å². The number of aryl methyl sites for hydroxylation is 1. The lowest BCUT2D eigenvalue weighted by Crippen LogP contribution is -2.52. The first-order valence-corrected chi connectivity index (χ1v) is 31.2. The number of carbonyl (C=O) groups excluding carboxylic acids is 3. The fourth-order valence-corrected chi connectivity index (χ4v) is 9.33. The van der Waals surface area contributed by atoms with Gasteiger partial charge in [0.1, 0.15) is 12.0 Å². The molecule has 1 aliphatic rings. The lowest BCUT2D eigenvalue weighted by Gasteiger charge is -2.45. The minimum atomic E-state index is -2.44. The van der Waals surface area contributed by atoms with Crippen LogP contribution in [0.1, 0.15) is 79.0 Å². The van der Waals surface area contributed by atoms with Crippen LogP contribution in [-0.2, 0) is 39.1 Å². The predicted molar refractivity (Wildman–Crippen MR) is 253 cm³/mol. The minimum Gasteiger partial charge on any atom is -0.481 e. The molecule has 3 amide bonds. The molecule has 1 saturated heterocycles. The number of nitrogens with one attached hydrogen (secondary N) is 3. The number of rotatable bonds is 18. The molecule has 4 rings (SSSR count). The number of aromatic amines is 1. The monoisotopic (exact) mass is 926 g/mol. The van der Waals surface area contributed by atoms with E-state index in [-0.39, 0.29) is 66.9 Å². The summed E-state index contributed by atoms with van der Waals surface area (Å²) >= 11 is 0. The van der Waals surface area contributed by atoms with Crippen LogP contribution in [0.25, 0.3) is 10.9 Å². The Kier molecular flexibility index (Phi) is 16.4. The van der Waals surface area contributed by atoms with Crippen molar-refractivity contribution in [3.63, 3.8) is 0 Å². The largest absolute Gasteiger partial charge is 0.481 e. The van der Waals surface area contributed by atoms with Gasteiger partial charge in [-0.15, -0.1) is 0 Å². The van der Waals surface area contributed by atoms with E-state index in [0.717, 1.165) is 21.5 Å². The summed E-state index contributed by atoms with van der Waals surface area (Å²) in [5.74, 6) is -3.17. The molecule has 16 nitrogen and oxygen atoms in total. The van der Waals surface area contributed by atoms with Gasteiger partial charge < -0.3 is 33.7 Å². The number of ether oxygens (including phenoxy) is 2. The van der Waals surface area contributed by atoms with E-state index >= 15 is 0 Å². The molecule has 0 unspecified atom stereocenters. The van der Waals surface area contributed by atoms with E-state index in [9.17, 15) is 29.1 Å². The van der Waals surface area contributed by atoms with E-state index < -0.39 is 72.7 Å². The van der Waals surface area contributed by atoms with Crippen LogP contribution in [0.3, 0.4) is 0 Å². The number of amides is 3. The zero-order valence-electron chi connectivity index (χ0n) is 39.5. The molecule has 0 radical (unpaired) electrons. The molecule has 0 aliphatic carbocycles. The second-order valence-corrected chi connectivity index (χ2v) is 35.7. The number of benzene rings is 1. The number of aromatic nitrogens is 3. The van der Waals surface area contributed by atoms with Gasteiger partial charge in [-0.1, -0.05) is 86.0 Å². The maximum absolute atomic E-state index is 14.5. The van der Waals surface area contributed by atoms with Crippen molar-refractivity contribution in [3.05, 3.63) is 64.9 Å². The van der Waals surface area contributed by atoms with Crippen molar-refractivity contribution in [2.75, 3.05) is 23.5 Å². The number of para-hydroxylation sites is 1. The second-order valence-electron chi connectivity index (χ2n) is 20.6. The van der Waals surface area contributed by atoms with E-state index in [2.05, 4.69) is 115 Å². The van der Waals surface area contributed by atoms with Gasteiger partial charge >= 0.3 is 17.8 Å². The normalized spacial score (nSPS) is 16.4. The average Bonchev–Trinajstić information content (AvgIpc) is 3.74. The third-order valence-electron chi connectivity index (χ3n) is 12.3. The Bertz CT molecular complexity index is 2170. The third kappa shape index (κ3) is 13.6. The Labute approximate surface area is 374 Å². The summed E-state index contributed by atoms with van der Waals surface area (Å²) in [5.41, 5.74) is 3.81. The van der Waals surface area contributed by atoms with Crippen LogP contribution in [0, 0.1) is 5.92 Å². The molecule has 3 aromatic rings. The van der Waals surface area contributed by atoms with Crippen LogP contribution in [0.5, 0.6) is 0 Å². The summed E-state index contributed by atoms with van der Waals surface area (Å²) in [6.07, 6.45) is 0.0193. The van der Waals surface area contributed by atoms with Crippen LogP contribution >= 0.6 is 0 Å². The van der Waals surface area contributed by atoms with Gasteiger partial charge in [0.25, 0.3) is 0 Å². The first-order chi connectivity index (χ1) is 29.0. The van der Waals surface area contributed by atoms with Crippen molar-refractivity contribution in [1.29, 1.82) is 0 Å². The van der Waals surface area contributed by atoms with E-state index in [1.54, 1.807) is 0 Å². The number of carboxylic acids is 1. The highest BCUT2D eigenvalue weighted by molar-refractivity contribution is 6.76. The molecule has 1 fully saturated rings. The van der Waals surface area contributed by atoms with Crippen molar-refractivity contribution in [3.8, 4) is 0 Å². The van der Waals surface area contributed by atoms with Crippen LogP contribution in [0.4, 0.5) is 16.3 Å². The highest BCUT2D eigenvalue weighted by Gasteiger charge is 2.49. The number of fused-ring (bicyclic) bond motifs is 1. The Hall–Kier alpha value is -4.41. The highest BCUT2D eigenvalue weighted by atomic mass is 28.4. The number of carboxylic acid groups (broad SMARTS) is 1. The maximum atomic E-state index is 14.5. The van der Waals surface area contributed by atoms with Crippen molar-refractivity contribution >= 4 is 71.0 Å². The van der Waals surface area contributed by atoms with Crippen molar-refractivity contribution in [2.24, 2.45) is 5.92 Å². The van der Waals surface area contributed by atoms with Crippen LogP contribution in [0.15, 0.2) is 53.6 Å². The van der Waals surface area contributed by atoms with Gasteiger partial charge in [0.2, 0.25) is 11.8 Å². The van der Waals surface area contributed by atoms with Crippen molar-refractivity contribution < 1.29 is 42.6 Å². The zero-order valence-corrected chi connectivity index (χ0v) is 42.5. The topological polar surface area (TPSA) is 203 Å². The molecule has 0 saturated carbocycles. The maximum Gasteiger partial charge on any atom is 0.426 e. The number of H-pyrrole nitrogens is 1. The number of carbonyl (C=O) groups is 4. The van der Waals surface area contributed by atoms with Gasteiger partial charge in [0, 0.05) is 50.6 Å². The Balaban J connectivity index is 1.80. The first kappa shape index (κ1) is 51.2. The molecule has 2 atom stereocenters. The molecular formula is C44H70N6O10Si3. The standard InChI is InChI=1S/C44H70N6O10Si3/c1-29-32(40(59-62(11,12)43(2,3)4)60-63(13,14)44(5,6)7)28-58-39(29)49-27-34(38(47-41(49)55)46-35(51)20-17-21-37(53)54)50(48-42(56)57-24-25-61(8,9)10)36(52)23-22-30-26-45-33-19-16-15-18-31(30)33/h15-16,18-19,26-27,32,39-40,45H,1,17,20-25,28H2,2-14H3,(H,48,56)(H,53,54)(H,46,47,51,55)/t32-,39+/m1/s1. The van der Waals surface area contributed by atoms with E-state index in [1.807, 2.05) is 30.5 Å². The Morgan fingerprint density at radius 3 is 2.19 bits per heavy atom. The molecule has 1 aliphatic heterocycles. The van der Waals surface area contributed by atoms with Crippen LogP contribution < -0.4 is 21.4 Å². The minimum absolute atomic E-state index is 0.00862. The predicted octanol–water partition coefficient (Wildman–Crippen LogP) is 8.93. The van der Waals surface area contributed by atoms with Crippen LogP contribution in [-0.4, -0.2) is 87.7 Å². The number of nitrogens with zero attached hydrogens (tertiary/aromatic N) is 3. The molecule has 1 aromatic carbocycles. The third-order valence-corrected chi connectivity index (χ3v) is 22.9. The second kappa shape index (κ2) is 20.2. The molecule has 0 bridgehead atoms. The fraction of sp³-hybridized carbons (Fsp3) is 0.591. The summed E-state index contributed by atoms with van der Waals surface area (Å²) < 4.78 is 27.1. The molecule has 3 heterocycles. The van der Waals surface area contributed by atoms with Gasteiger partial charge in [-0.05, 0) is 72.4 Å². The van der Waals surface area contributed by atoms with Gasteiger partial charge in [0.05, 0.1) is 19.1 Å². The van der Waals surface area contributed by atoms with Gasteiger partial charge in [-0.25, -0.2) is 20.0 Å². The van der Waals surface area contributed by atoms with E-state index in [1.165, 1.54) is 10.8 Å². The lowest BCUT2D eigenvalue weighted by atomic mass is 10.0. The first-order valence-electron chi connectivity index (χ1n) is 21.6.